The normalized spacial score (nSPS) is 19.5. The number of fused-ring (bicyclic) bond motifs is 1. The Morgan fingerprint density at radius 3 is 3.04 bits per heavy atom. The number of hydrogen-bond donors (Lipinski definition) is 0. The fraction of sp³-hybridized carbons (Fsp3) is 0.389. The van der Waals surface area contributed by atoms with E-state index in [1.807, 2.05) is 11.0 Å². The van der Waals surface area contributed by atoms with E-state index in [1.165, 1.54) is 0 Å². The molecule has 3 heterocycles. The number of nitrogens with zero attached hydrogens (tertiary/aromatic N) is 3. The van der Waals surface area contributed by atoms with E-state index in [9.17, 15) is 4.79 Å². The van der Waals surface area contributed by atoms with Crippen LogP contribution >= 0.6 is 0 Å². The van der Waals surface area contributed by atoms with Crippen LogP contribution < -0.4 is 9.47 Å². The highest BCUT2D eigenvalue weighted by atomic mass is 16.7. The topological polar surface area (TPSA) is 73.8 Å². The van der Waals surface area contributed by atoms with Gasteiger partial charge in [0.2, 0.25) is 6.79 Å². The molecule has 7 heteroatoms. The molecule has 1 atom stereocenters. The predicted molar refractivity (Wildman–Crippen MR) is 88.5 cm³/mol. The summed E-state index contributed by atoms with van der Waals surface area (Å²) in [5, 5.41) is 0. The molecular weight excluding hydrogens is 322 g/mol. The molecule has 1 saturated heterocycles. The van der Waals surface area contributed by atoms with Gasteiger partial charge in [-0.15, -0.1) is 0 Å². The maximum absolute atomic E-state index is 12.9. The Morgan fingerprint density at radius 1 is 1.24 bits per heavy atom. The van der Waals surface area contributed by atoms with Crippen molar-refractivity contribution in [1.82, 2.24) is 14.9 Å². The molecule has 0 unspecified atom stereocenters. The number of rotatable bonds is 3. The van der Waals surface area contributed by atoms with Gasteiger partial charge in [-0.2, -0.15) is 0 Å². The van der Waals surface area contributed by atoms with Gasteiger partial charge in [0.1, 0.15) is 6.33 Å². The van der Waals surface area contributed by atoms with Gasteiger partial charge in [-0.25, -0.2) is 9.97 Å². The van der Waals surface area contributed by atoms with Crippen molar-refractivity contribution in [2.75, 3.05) is 33.1 Å². The average molecular weight is 341 g/mol. The summed E-state index contributed by atoms with van der Waals surface area (Å²) in [5.74, 6) is 1.48. The van der Waals surface area contributed by atoms with Crippen molar-refractivity contribution in [3.63, 3.8) is 0 Å². The van der Waals surface area contributed by atoms with Gasteiger partial charge in [0.25, 0.3) is 5.91 Å². The first-order valence-corrected chi connectivity index (χ1v) is 8.31. The lowest BCUT2D eigenvalue weighted by atomic mass is 10.0. The van der Waals surface area contributed by atoms with Crippen molar-refractivity contribution < 1.29 is 19.0 Å². The van der Waals surface area contributed by atoms with E-state index < -0.39 is 0 Å². The van der Waals surface area contributed by atoms with Crippen LogP contribution in [0, 0.1) is 5.92 Å². The Morgan fingerprint density at radius 2 is 2.16 bits per heavy atom. The highest BCUT2D eigenvalue weighted by Crippen LogP contribution is 2.33. The third-order valence-corrected chi connectivity index (χ3v) is 4.39. The fourth-order valence-corrected chi connectivity index (χ4v) is 3.14. The zero-order chi connectivity index (χ0) is 17.1. The van der Waals surface area contributed by atoms with Crippen LogP contribution in [-0.4, -0.2) is 53.9 Å². The lowest BCUT2D eigenvalue weighted by Gasteiger charge is -2.23. The third-order valence-electron chi connectivity index (χ3n) is 4.39. The zero-order valence-electron chi connectivity index (χ0n) is 13.8. The van der Waals surface area contributed by atoms with Gasteiger partial charge in [0.05, 0.1) is 13.2 Å². The van der Waals surface area contributed by atoms with Crippen LogP contribution in [0.3, 0.4) is 0 Å². The summed E-state index contributed by atoms with van der Waals surface area (Å²) >= 11 is 0. The number of carbonyl (C=O) groups excluding carboxylic acids is 1. The summed E-state index contributed by atoms with van der Waals surface area (Å²) in [6, 6.07) is 7.20. The monoisotopic (exact) mass is 341 g/mol. The standard InChI is InChI=1S/C18H19N3O4/c22-18(14-1-2-16-17(8-14)25-12-24-16)21-5-6-23-10-13(9-21)7-15-3-4-19-11-20-15/h1-4,8,11,13H,5-7,9-10,12H2/t13-/m1/s1. The number of carbonyl (C=O) groups is 1. The van der Waals surface area contributed by atoms with E-state index in [0.29, 0.717) is 43.4 Å². The van der Waals surface area contributed by atoms with E-state index >= 15 is 0 Å². The molecule has 25 heavy (non-hydrogen) atoms. The summed E-state index contributed by atoms with van der Waals surface area (Å²) in [6.45, 7) is 2.57. The van der Waals surface area contributed by atoms with Crippen molar-refractivity contribution in [3.05, 3.63) is 48.0 Å². The highest BCUT2D eigenvalue weighted by Gasteiger charge is 2.25. The first-order valence-electron chi connectivity index (χ1n) is 8.31. The quantitative estimate of drug-likeness (QED) is 0.843. The van der Waals surface area contributed by atoms with Crippen LogP contribution in [0.25, 0.3) is 0 Å². The molecule has 4 rings (SSSR count). The smallest absolute Gasteiger partial charge is 0.254 e. The van der Waals surface area contributed by atoms with Crippen LogP contribution in [0.2, 0.25) is 0 Å². The Hall–Kier alpha value is -2.67. The van der Waals surface area contributed by atoms with Crippen molar-refractivity contribution in [2.24, 2.45) is 5.92 Å². The van der Waals surface area contributed by atoms with Gasteiger partial charge >= 0.3 is 0 Å². The Kier molecular flexibility index (Phi) is 4.47. The average Bonchev–Trinajstić information content (AvgIpc) is 3.00. The van der Waals surface area contributed by atoms with E-state index in [0.717, 1.165) is 12.1 Å². The van der Waals surface area contributed by atoms with E-state index in [4.69, 9.17) is 14.2 Å². The summed E-state index contributed by atoms with van der Waals surface area (Å²) in [5.41, 5.74) is 1.56. The van der Waals surface area contributed by atoms with E-state index in [2.05, 4.69) is 9.97 Å². The summed E-state index contributed by atoms with van der Waals surface area (Å²) in [4.78, 5) is 23.0. The molecule has 0 saturated carbocycles. The Balaban J connectivity index is 1.47. The SMILES string of the molecule is O=C(c1ccc2c(c1)OCO2)N1CCOC[C@H](Cc2ccncn2)C1. The first-order chi connectivity index (χ1) is 12.3. The van der Waals surface area contributed by atoms with Crippen molar-refractivity contribution >= 4 is 5.91 Å². The summed E-state index contributed by atoms with van der Waals surface area (Å²) in [7, 11) is 0. The van der Waals surface area contributed by atoms with Crippen molar-refractivity contribution in [1.29, 1.82) is 0 Å². The maximum Gasteiger partial charge on any atom is 0.254 e. The minimum atomic E-state index is -0.0171. The second-order valence-corrected chi connectivity index (χ2v) is 6.16. The van der Waals surface area contributed by atoms with Gasteiger partial charge in [0.15, 0.2) is 11.5 Å². The molecule has 2 aromatic rings. The molecule has 1 aromatic heterocycles. The van der Waals surface area contributed by atoms with Crippen molar-refractivity contribution in [2.45, 2.75) is 6.42 Å². The lowest BCUT2D eigenvalue weighted by Crippen LogP contribution is -2.36. The van der Waals surface area contributed by atoms with Crippen LogP contribution in [0.4, 0.5) is 0 Å². The van der Waals surface area contributed by atoms with Gasteiger partial charge in [0, 0.05) is 36.5 Å². The molecule has 0 spiro atoms. The molecule has 2 aliphatic rings. The van der Waals surface area contributed by atoms with Gasteiger partial charge in [-0.3, -0.25) is 4.79 Å². The number of hydrogen-bond acceptors (Lipinski definition) is 6. The minimum absolute atomic E-state index is 0.0171. The lowest BCUT2D eigenvalue weighted by molar-refractivity contribution is 0.0737. The van der Waals surface area contributed by atoms with Crippen LogP contribution in [0.1, 0.15) is 16.1 Å². The van der Waals surface area contributed by atoms with Crippen LogP contribution in [0.5, 0.6) is 11.5 Å². The van der Waals surface area contributed by atoms with Crippen LogP contribution in [-0.2, 0) is 11.2 Å². The maximum atomic E-state index is 12.9. The molecule has 1 aromatic carbocycles. The molecule has 0 N–H and O–H groups in total. The molecule has 2 aliphatic heterocycles. The highest BCUT2D eigenvalue weighted by molar-refractivity contribution is 5.95. The number of amides is 1. The largest absolute Gasteiger partial charge is 0.454 e. The zero-order valence-corrected chi connectivity index (χ0v) is 13.8. The van der Waals surface area contributed by atoms with Crippen molar-refractivity contribution in [3.8, 4) is 11.5 Å². The van der Waals surface area contributed by atoms with Gasteiger partial charge in [-0.05, 0) is 30.7 Å². The molecule has 0 bridgehead atoms. The van der Waals surface area contributed by atoms with Crippen LogP contribution in [0.15, 0.2) is 36.8 Å². The second kappa shape index (κ2) is 7.06. The van der Waals surface area contributed by atoms with Gasteiger partial charge in [-0.1, -0.05) is 0 Å². The second-order valence-electron chi connectivity index (χ2n) is 6.16. The number of aromatic nitrogens is 2. The fourth-order valence-electron chi connectivity index (χ4n) is 3.14. The molecule has 0 radical (unpaired) electrons. The summed E-state index contributed by atoms with van der Waals surface area (Å²) in [6.07, 6.45) is 4.03. The molecular formula is C18H19N3O4. The van der Waals surface area contributed by atoms with Gasteiger partial charge < -0.3 is 19.1 Å². The first kappa shape index (κ1) is 15.8. The Labute approximate surface area is 145 Å². The minimum Gasteiger partial charge on any atom is -0.454 e. The third kappa shape index (κ3) is 3.56. The van der Waals surface area contributed by atoms with E-state index in [-0.39, 0.29) is 18.6 Å². The number of ether oxygens (including phenoxy) is 3. The Bertz CT molecular complexity index is 753. The predicted octanol–water partition coefficient (Wildman–Crippen LogP) is 1.54. The molecule has 0 aliphatic carbocycles. The molecule has 7 nitrogen and oxygen atoms in total. The molecule has 130 valence electrons. The number of benzene rings is 1. The molecule has 1 fully saturated rings. The van der Waals surface area contributed by atoms with E-state index in [1.54, 1.807) is 30.7 Å². The summed E-state index contributed by atoms with van der Waals surface area (Å²) < 4.78 is 16.4. The molecule has 1 amide bonds.